The molecule has 0 aromatic carbocycles. The SMILES string of the molecule is Cn1cncc1-c1ccnc(C(=O)NC2CCC(OC(F)(F)F)CC2)n1. The highest BCUT2D eigenvalue weighted by molar-refractivity contribution is 5.91. The molecular formula is C16H18F3N5O2. The van der Waals surface area contributed by atoms with E-state index in [2.05, 4.69) is 25.0 Å². The Morgan fingerprint density at radius 3 is 2.65 bits per heavy atom. The van der Waals surface area contributed by atoms with Gasteiger partial charge in [0.15, 0.2) is 0 Å². The molecule has 0 unspecified atom stereocenters. The fourth-order valence-electron chi connectivity index (χ4n) is 2.98. The van der Waals surface area contributed by atoms with Crippen LogP contribution in [0.15, 0.2) is 24.8 Å². The number of aromatic nitrogens is 4. The van der Waals surface area contributed by atoms with Gasteiger partial charge in [0.2, 0.25) is 5.82 Å². The Morgan fingerprint density at radius 2 is 2.04 bits per heavy atom. The molecule has 0 spiro atoms. The largest absolute Gasteiger partial charge is 0.522 e. The van der Waals surface area contributed by atoms with E-state index in [9.17, 15) is 18.0 Å². The maximum Gasteiger partial charge on any atom is 0.522 e. The van der Waals surface area contributed by atoms with E-state index in [1.165, 1.54) is 6.20 Å². The molecule has 0 saturated heterocycles. The highest BCUT2D eigenvalue weighted by Crippen LogP contribution is 2.28. The maximum absolute atomic E-state index is 12.4. The van der Waals surface area contributed by atoms with Crippen LogP contribution >= 0.6 is 0 Å². The van der Waals surface area contributed by atoms with E-state index >= 15 is 0 Å². The van der Waals surface area contributed by atoms with Crippen molar-refractivity contribution >= 4 is 5.91 Å². The lowest BCUT2D eigenvalue weighted by Gasteiger charge is -2.29. The molecule has 140 valence electrons. The van der Waals surface area contributed by atoms with E-state index in [-0.39, 0.29) is 24.7 Å². The summed E-state index contributed by atoms with van der Waals surface area (Å²) in [6.07, 6.45) is 0.555. The molecule has 7 nitrogen and oxygen atoms in total. The standard InChI is InChI=1S/C16H18F3N5O2/c1-24-9-20-8-13(24)12-6-7-21-14(23-12)15(25)22-10-2-4-11(5-3-10)26-16(17,18)19/h6-11H,2-5H2,1H3,(H,22,25). The predicted octanol–water partition coefficient (Wildman–Crippen LogP) is 2.45. The zero-order valence-electron chi connectivity index (χ0n) is 14.0. The summed E-state index contributed by atoms with van der Waals surface area (Å²) in [4.78, 5) is 24.6. The van der Waals surface area contributed by atoms with Gasteiger partial charge in [-0.15, -0.1) is 13.2 Å². The molecule has 0 radical (unpaired) electrons. The van der Waals surface area contributed by atoms with Crippen molar-refractivity contribution in [1.82, 2.24) is 24.8 Å². The summed E-state index contributed by atoms with van der Waals surface area (Å²) >= 11 is 0. The number of amides is 1. The fraction of sp³-hybridized carbons (Fsp3) is 0.500. The lowest BCUT2D eigenvalue weighted by molar-refractivity contribution is -0.345. The molecular weight excluding hydrogens is 351 g/mol. The van der Waals surface area contributed by atoms with Gasteiger partial charge in [-0.05, 0) is 31.7 Å². The Balaban J connectivity index is 1.59. The number of imidazole rings is 1. The van der Waals surface area contributed by atoms with Crippen LogP contribution in [-0.4, -0.2) is 43.9 Å². The summed E-state index contributed by atoms with van der Waals surface area (Å²) in [7, 11) is 1.81. The molecule has 0 aliphatic heterocycles. The van der Waals surface area contributed by atoms with Crippen molar-refractivity contribution in [3.8, 4) is 11.4 Å². The summed E-state index contributed by atoms with van der Waals surface area (Å²) in [6, 6.07) is 1.45. The normalized spacial score (nSPS) is 20.8. The number of aryl methyl sites for hydroxylation is 1. The maximum atomic E-state index is 12.4. The van der Waals surface area contributed by atoms with Crippen LogP contribution in [0.3, 0.4) is 0 Å². The van der Waals surface area contributed by atoms with E-state index < -0.39 is 18.4 Å². The predicted molar refractivity (Wildman–Crippen MR) is 84.9 cm³/mol. The first-order chi connectivity index (χ1) is 12.3. The van der Waals surface area contributed by atoms with E-state index in [4.69, 9.17) is 0 Å². The van der Waals surface area contributed by atoms with Crippen molar-refractivity contribution in [2.45, 2.75) is 44.2 Å². The number of carbonyl (C=O) groups is 1. The molecule has 3 rings (SSSR count). The number of nitrogens with zero attached hydrogens (tertiary/aromatic N) is 4. The number of hydrogen-bond acceptors (Lipinski definition) is 5. The van der Waals surface area contributed by atoms with Crippen molar-refractivity contribution in [2.75, 3.05) is 0 Å². The van der Waals surface area contributed by atoms with Crippen molar-refractivity contribution in [3.05, 3.63) is 30.6 Å². The number of nitrogens with one attached hydrogen (secondary N) is 1. The number of halogens is 3. The van der Waals surface area contributed by atoms with Crippen LogP contribution in [0.4, 0.5) is 13.2 Å². The highest BCUT2D eigenvalue weighted by Gasteiger charge is 2.35. The van der Waals surface area contributed by atoms with E-state index in [0.717, 1.165) is 5.69 Å². The first-order valence-electron chi connectivity index (χ1n) is 8.17. The van der Waals surface area contributed by atoms with Crippen LogP contribution in [0.25, 0.3) is 11.4 Å². The summed E-state index contributed by atoms with van der Waals surface area (Å²) in [5.74, 6) is -0.438. The Kier molecular flexibility index (Phi) is 5.21. The number of rotatable bonds is 4. The molecule has 1 aliphatic rings. The molecule has 10 heteroatoms. The van der Waals surface area contributed by atoms with Gasteiger partial charge in [-0.1, -0.05) is 0 Å². The monoisotopic (exact) mass is 369 g/mol. The Bertz CT molecular complexity index is 769. The van der Waals surface area contributed by atoms with Crippen LogP contribution in [-0.2, 0) is 11.8 Å². The number of hydrogen-bond donors (Lipinski definition) is 1. The fourth-order valence-corrected chi connectivity index (χ4v) is 2.98. The summed E-state index contributed by atoms with van der Waals surface area (Å²) in [6.45, 7) is 0. The van der Waals surface area contributed by atoms with Gasteiger partial charge in [0.05, 0.1) is 30.0 Å². The molecule has 1 N–H and O–H groups in total. The number of carbonyl (C=O) groups excluding carboxylic acids is 1. The second-order valence-corrected chi connectivity index (χ2v) is 6.17. The van der Waals surface area contributed by atoms with Crippen molar-refractivity contribution in [2.24, 2.45) is 7.05 Å². The first-order valence-corrected chi connectivity index (χ1v) is 8.17. The Morgan fingerprint density at radius 1 is 1.31 bits per heavy atom. The third-order valence-corrected chi connectivity index (χ3v) is 4.25. The molecule has 1 fully saturated rings. The van der Waals surface area contributed by atoms with Crippen LogP contribution in [0.2, 0.25) is 0 Å². The Hall–Kier alpha value is -2.49. The van der Waals surface area contributed by atoms with Gasteiger partial charge in [0.25, 0.3) is 5.91 Å². The molecule has 1 saturated carbocycles. The van der Waals surface area contributed by atoms with Gasteiger partial charge in [-0.2, -0.15) is 0 Å². The second-order valence-electron chi connectivity index (χ2n) is 6.17. The summed E-state index contributed by atoms with van der Waals surface area (Å²) in [5, 5.41) is 2.78. The van der Waals surface area contributed by atoms with Crippen LogP contribution in [0.5, 0.6) is 0 Å². The molecule has 2 aromatic heterocycles. The zero-order valence-corrected chi connectivity index (χ0v) is 14.0. The van der Waals surface area contributed by atoms with Gasteiger partial charge in [-0.25, -0.2) is 15.0 Å². The van der Waals surface area contributed by atoms with Crippen LogP contribution < -0.4 is 5.32 Å². The first kappa shape index (κ1) is 18.3. The van der Waals surface area contributed by atoms with Gasteiger partial charge in [-0.3, -0.25) is 9.53 Å². The second kappa shape index (κ2) is 7.40. The number of ether oxygens (including phenoxy) is 1. The van der Waals surface area contributed by atoms with Gasteiger partial charge < -0.3 is 9.88 Å². The van der Waals surface area contributed by atoms with Crippen molar-refractivity contribution in [1.29, 1.82) is 0 Å². The Labute approximate surface area is 147 Å². The van der Waals surface area contributed by atoms with Gasteiger partial charge in [0, 0.05) is 19.3 Å². The molecule has 26 heavy (non-hydrogen) atoms. The minimum absolute atomic E-state index is 0.0114. The topological polar surface area (TPSA) is 81.9 Å². The third kappa shape index (κ3) is 4.57. The lowest BCUT2D eigenvalue weighted by Crippen LogP contribution is -2.40. The average molecular weight is 369 g/mol. The minimum Gasteiger partial charge on any atom is -0.347 e. The van der Waals surface area contributed by atoms with Crippen molar-refractivity contribution in [3.63, 3.8) is 0 Å². The average Bonchev–Trinajstić information content (AvgIpc) is 3.01. The third-order valence-electron chi connectivity index (χ3n) is 4.25. The van der Waals surface area contributed by atoms with Crippen LogP contribution in [0.1, 0.15) is 36.3 Å². The summed E-state index contributed by atoms with van der Waals surface area (Å²) in [5.41, 5.74) is 1.30. The van der Waals surface area contributed by atoms with Crippen LogP contribution in [0, 0.1) is 0 Å². The molecule has 1 aliphatic carbocycles. The highest BCUT2D eigenvalue weighted by atomic mass is 19.4. The number of alkyl halides is 3. The molecule has 2 aromatic rings. The molecule has 0 bridgehead atoms. The lowest BCUT2D eigenvalue weighted by atomic mass is 9.93. The quantitative estimate of drug-likeness (QED) is 0.895. The molecule has 1 amide bonds. The van der Waals surface area contributed by atoms with Crippen molar-refractivity contribution < 1.29 is 22.7 Å². The van der Waals surface area contributed by atoms with E-state index in [0.29, 0.717) is 18.5 Å². The smallest absolute Gasteiger partial charge is 0.347 e. The minimum atomic E-state index is -4.62. The van der Waals surface area contributed by atoms with Gasteiger partial charge in [0.1, 0.15) is 0 Å². The van der Waals surface area contributed by atoms with E-state index in [1.807, 2.05) is 7.05 Å². The van der Waals surface area contributed by atoms with E-state index in [1.54, 1.807) is 23.2 Å². The van der Waals surface area contributed by atoms with Gasteiger partial charge >= 0.3 is 6.36 Å². The summed E-state index contributed by atoms with van der Waals surface area (Å²) < 4.78 is 42.5. The zero-order chi connectivity index (χ0) is 18.7. The molecule has 0 atom stereocenters. The molecule has 2 heterocycles.